The van der Waals surface area contributed by atoms with Crippen molar-refractivity contribution in [1.29, 1.82) is 5.26 Å². The summed E-state index contributed by atoms with van der Waals surface area (Å²) >= 11 is 0. The molecule has 0 bridgehead atoms. The second-order valence-corrected chi connectivity index (χ2v) is 8.29. The number of aromatic nitrogens is 2. The Bertz CT molecular complexity index is 1130. The number of nitrogens with zero attached hydrogens (tertiary/aromatic N) is 2. The van der Waals surface area contributed by atoms with E-state index in [0.29, 0.717) is 43.0 Å². The van der Waals surface area contributed by atoms with E-state index >= 15 is 0 Å². The molecule has 8 nitrogen and oxygen atoms in total. The average molecular weight is 407 g/mol. The van der Waals surface area contributed by atoms with Crippen molar-refractivity contribution in [3.63, 3.8) is 0 Å². The van der Waals surface area contributed by atoms with E-state index in [-0.39, 0.29) is 11.9 Å². The summed E-state index contributed by atoms with van der Waals surface area (Å²) in [6, 6.07) is 7.64. The zero-order valence-corrected chi connectivity index (χ0v) is 17.1. The van der Waals surface area contributed by atoms with Gasteiger partial charge in [0.1, 0.15) is 0 Å². The van der Waals surface area contributed by atoms with Gasteiger partial charge < -0.3 is 25.5 Å². The number of benzene rings is 1. The van der Waals surface area contributed by atoms with Crippen molar-refractivity contribution in [2.75, 3.05) is 25.1 Å². The van der Waals surface area contributed by atoms with E-state index in [9.17, 15) is 15.2 Å². The van der Waals surface area contributed by atoms with Gasteiger partial charge in [-0.2, -0.15) is 5.26 Å². The highest BCUT2D eigenvalue weighted by Gasteiger charge is 2.23. The largest absolute Gasteiger partial charge is 0.390 e. The molecule has 0 radical (unpaired) electrons. The Labute approximate surface area is 174 Å². The molecule has 1 atom stereocenters. The second kappa shape index (κ2) is 7.94. The summed E-state index contributed by atoms with van der Waals surface area (Å²) in [5.41, 5.74) is 3.06. The maximum atomic E-state index is 12.9. The number of carbonyl (C=O) groups excluding carboxylic acids is 1. The zero-order chi connectivity index (χ0) is 21.3. The van der Waals surface area contributed by atoms with Gasteiger partial charge in [0.15, 0.2) is 0 Å². The van der Waals surface area contributed by atoms with Gasteiger partial charge in [-0.3, -0.25) is 9.78 Å². The monoisotopic (exact) mass is 407 g/mol. The maximum absolute atomic E-state index is 12.9. The molecule has 156 valence electrons. The highest BCUT2D eigenvalue weighted by molar-refractivity contribution is 6.13. The molecule has 0 aliphatic carbocycles. The lowest BCUT2D eigenvalue weighted by atomic mass is 10.1. The normalized spacial score (nSPS) is 16.7. The van der Waals surface area contributed by atoms with Gasteiger partial charge in [0.05, 0.1) is 52.2 Å². The standard InChI is InChI=1S/C22H25N5O3/c1-22(2,29)6-7-24-21(28)16-11-25-18-15-4-3-13(10-23)9-17(15)27-20(18)19(16)26-14-5-8-30-12-14/h3-4,9,11,14,27,29H,5-8,12H2,1-2H3,(H,24,28)(H,25,26)/t14-/m0/s1. The molecular formula is C22H25N5O3. The van der Waals surface area contributed by atoms with Gasteiger partial charge in [-0.1, -0.05) is 0 Å². The highest BCUT2D eigenvalue weighted by Crippen LogP contribution is 2.32. The smallest absolute Gasteiger partial charge is 0.255 e. The maximum Gasteiger partial charge on any atom is 0.255 e. The van der Waals surface area contributed by atoms with Crippen LogP contribution < -0.4 is 10.6 Å². The second-order valence-electron chi connectivity index (χ2n) is 8.29. The summed E-state index contributed by atoms with van der Waals surface area (Å²) in [4.78, 5) is 20.8. The van der Waals surface area contributed by atoms with Gasteiger partial charge in [-0.05, 0) is 44.9 Å². The van der Waals surface area contributed by atoms with Crippen LogP contribution in [0.25, 0.3) is 21.9 Å². The molecule has 1 fully saturated rings. The van der Waals surface area contributed by atoms with Crippen LogP contribution in [0.1, 0.15) is 42.6 Å². The lowest BCUT2D eigenvalue weighted by molar-refractivity contribution is 0.0693. The minimum Gasteiger partial charge on any atom is -0.390 e. The fourth-order valence-electron chi connectivity index (χ4n) is 3.65. The fraction of sp³-hybridized carbons (Fsp3) is 0.409. The molecule has 0 saturated carbocycles. The van der Waals surface area contributed by atoms with Crippen molar-refractivity contribution in [1.82, 2.24) is 15.3 Å². The highest BCUT2D eigenvalue weighted by atomic mass is 16.5. The van der Waals surface area contributed by atoms with Crippen LogP contribution in [0, 0.1) is 11.3 Å². The predicted molar refractivity (Wildman–Crippen MR) is 114 cm³/mol. The average Bonchev–Trinajstić information content (AvgIpc) is 3.34. The number of nitriles is 1. The molecule has 4 N–H and O–H groups in total. The number of carbonyl (C=O) groups is 1. The summed E-state index contributed by atoms with van der Waals surface area (Å²) in [5, 5.41) is 26.3. The van der Waals surface area contributed by atoms with E-state index in [2.05, 4.69) is 26.7 Å². The minimum atomic E-state index is -0.854. The van der Waals surface area contributed by atoms with Crippen molar-refractivity contribution in [2.24, 2.45) is 0 Å². The lowest BCUT2D eigenvalue weighted by Gasteiger charge is -2.19. The van der Waals surface area contributed by atoms with Crippen molar-refractivity contribution < 1.29 is 14.6 Å². The summed E-state index contributed by atoms with van der Waals surface area (Å²) in [5.74, 6) is -0.258. The third-order valence-electron chi connectivity index (χ3n) is 5.29. The third kappa shape index (κ3) is 4.08. The molecule has 8 heteroatoms. The molecule has 2 aromatic heterocycles. The molecule has 4 rings (SSSR count). The number of aromatic amines is 1. The quantitative estimate of drug-likeness (QED) is 0.498. The van der Waals surface area contributed by atoms with Gasteiger partial charge in [0, 0.05) is 30.3 Å². The van der Waals surface area contributed by atoms with Crippen LogP contribution in [-0.4, -0.2) is 52.4 Å². The molecular weight excluding hydrogens is 382 g/mol. The van der Waals surface area contributed by atoms with Crippen LogP contribution >= 0.6 is 0 Å². The Kier molecular flexibility index (Phi) is 5.33. The predicted octanol–water partition coefficient (Wildman–Crippen LogP) is 2.68. The summed E-state index contributed by atoms with van der Waals surface area (Å²) in [6.07, 6.45) is 2.87. The van der Waals surface area contributed by atoms with Gasteiger partial charge >= 0.3 is 0 Å². The molecule has 1 saturated heterocycles. The number of pyridine rings is 1. The first-order valence-electron chi connectivity index (χ1n) is 10.0. The number of hydrogen-bond acceptors (Lipinski definition) is 6. The summed E-state index contributed by atoms with van der Waals surface area (Å²) < 4.78 is 5.48. The molecule has 3 aromatic rings. The van der Waals surface area contributed by atoms with E-state index in [1.807, 2.05) is 6.07 Å². The molecule has 0 unspecified atom stereocenters. The van der Waals surface area contributed by atoms with Crippen molar-refractivity contribution in [2.45, 2.75) is 38.3 Å². The van der Waals surface area contributed by atoms with Crippen molar-refractivity contribution >= 4 is 33.5 Å². The number of anilines is 1. The van der Waals surface area contributed by atoms with Crippen LogP contribution in [-0.2, 0) is 4.74 Å². The van der Waals surface area contributed by atoms with Crippen molar-refractivity contribution in [3.05, 3.63) is 35.5 Å². The number of hydrogen-bond donors (Lipinski definition) is 4. The van der Waals surface area contributed by atoms with Crippen molar-refractivity contribution in [3.8, 4) is 6.07 Å². The lowest BCUT2D eigenvalue weighted by Crippen LogP contribution is -2.31. The minimum absolute atomic E-state index is 0.0969. The number of ether oxygens (including phenoxy) is 1. The Morgan fingerprint density at radius 1 is 1.47 bits per heavy atom. The van der Waals surface area contributed by atoms with Crippen LogP contribution in [0.15, 0.2) is 24.4 Å². The molecule has 3 heterocycles. The number of amides is 1. The number of H-pyrrole nitrogens is 1. The van der Waals surface area contributed by atoms with E-state index < -0.39 is 5.60 Å². The molecule has 1 aliphatic heterocycles. The van der Waals surface area contributed by atoms with Gasteiger partial charge in [-0.15, -0.1) is 0 Å². The Morgan fingerprint density at radius 3 is 3.00 bits per heavy atom. The fourth-order valence-corrected chi connectivity index (χ4v) is 3.65. The number of nitrogens with one attached hydrogen (secondary N) is 3. The first-order chi connectivity index (χ1) is 14.4. The van der Waals surface area contributed by atoms with E-state index in [1.54, 1.807) is 32.2 Å². The van der Waals surface area contributed by atoms with Gasteiger partial charge in [0.2, 0.25) is 0 Å². The molecule has 1 aromatic carbocycles. The number of rotatable bonds is 6. The van der Waals surface area contributed by atoms with Crippen LogP contribution in [0.4, 0.5) is 5.69 Å². The number of aliphatic hydroxyl groups is 1. The molecule has 1 aliphatic rings. The Hall–Kier alpha value is -3.15. The van der Waals surface area contributed by atoms with E-state index in [0.717, 1.165) is 28.4 Å². The van der Waals surface area contributed by atoms with Crippen LogP contribution in [0.3, 0.4) is 0 Å². The van der Waals surface area contributed by atoms with Crippen LogP contribution in [0.2, 0.25) is 0 Å². The Morgan fingerprint density at radius 2 is 2.30 bits per heavy atom. The summed E-state index contributed by atoms with van der Waals surface area (Å²) in [7, 11) is 0. The molecule has 1 amide bonds. The van der Waals surface area contributed by atoms with E-state index in [1.165, 1.54) is 0 Å². The topological polar surface area (TPSA) is 123 Å². The Balaban J connectivity index is 1.75. The van der Waals surface area contributed by atoms with Gasteiger partial charge in [0.25, 0.3) is 5.91 Å². The zero-order valence-electron chi connectivity index (χ0n) is 17.1. The molecule has 30 heavy (non-hydrogen) atoms. The summed E-state index contributed by atoms with van der Waals surface area (Å²) in [6.45, 7) is 5.02. The first-order valence-corrected chi connectivity index (χ1v) is 10.0. The van der Waals surface area contributed by atoms with Crippen LogP contribution in [0.5, 0.6) is 0 Å². The first kappa shape index (κ1) is 20.1. The van der Waals surface area contributed by atoms with Gasteiger partial charge in [-0.25, -0.2) is 0 Å². The third-order valence-corrected chi connectivity index (χ3v) is 5.29. The molecule has 0 spiro atoms. The number of fused-ring (bicyclic) bond motifs is 3. The van der Waals surface area contributed by atoms with E-state index in [4.69, 9.17) is 4.74 Å². The SMILES string of the molecule is CC(C)(O)CCNC(=O)c1cnc2c([nH]c3cc(C#N)ccc32)c1N[C@H]1CCOC1.